The molecule has 2 N–H and O–H groups in total. The van der Waals surface area contributed by atoms with Crippen molar-refractivity contribution in [1.29, 1.82) is 0 Å². The van der Waals surface area contributed by atoms with Gasteiger partial charge in [0.2, 0.25) is 5.16 Å². The topological polar surface area (TPSA) is 84.4 Å². The molecule has 2 aromatic carbocycles. The molecule has 0 atom stereocenters. The number of benzene rings is 2. The Kier molecular flexibility index (Phi) is 6.46. The predicted molar refractivity (Wildman–Crippen MR) is 108 cm³/mol. The monoisotopic (exact) mass is 450 g/mol. The molecule has 0 unspecified atom stereocenters. The minimum atomic E-state index is 0.214. The summed E-state index contributed by atoms with van der Waals surface area (Å²) in [7, 11) is 3.25. The fourth-order valence-electron chi connectivity index (χ4n) is 2.29. The molecule has 3 aromatic rings. The molecule has 142 valence electrons. The van der Waals surface area contributed by atoms with E-state index >= 15 is 0 Å². The van der Waals surface area contributed by atoms with Crippen LogP contribution in [0, 0.1) is 0 Å². The van der Waals surface area contributed by atoms with Crippen molar-refractivity contribution in [2.75, 3.05) is 20.1 Å². The zero-order valence-corrected chi connectivity index (χ0v) is 17.3. The number of rotatable bonds is 8. The van der Waals surface area contributed by atoms with Gasteiger partial charge >= 0.3 is 0 Å². The van der Waals surface area contributed by atoms with Crippen LogP contribution in [0.2, 0.25) is 0 Å². The Bertz CT molecular complexity index is 919. The summed E-state index contributed by atoms with van der Waals surface area (Å²) in [4.78, 5) is 0. The third-order valence-corrected chi connectivity index (χ3v) is 5.36. The number of hydrogen-bond acceptors (Lipinski definition) is 7. The maximum atomic E-state index is 6.10. The van der Waals surface area contributed by atoms with Gasteiger partial charge in [0.1, 0.15) is 23.9 Å². The van der Waals surface area contributed by atoms with Crippen LogP contribution >= 0.6 is 27.7 Å². The van der Waals surface area contributed by atoms with E-state index in [0.29, 0.717) is 22.5 Å². The Labute approximate surface area is 169 Å². The summed E-state index contributed by atoms with van der Waals surface area (Å²) in [6.07, 6.45) is 0. The van der Waals surface area contributed by atoms with Crippen LogP contribution in [0.5, 0.6) is 17.2 Å². The highest BCUT2D eigenvalue weighted by atomic mass is 79.9. The van der Waals surface area contributed by atoms with Crippen molar-refractivity contribution in [2.24, 2.45) is 0 Å². The molecule has 1 heterocycles. The van der Waals surface area contributed by atoms with Crippen LogP contribution in [0.15, 0.2) is 52.1 Å². The second-order valence-corrected chi connectivity index (χ2v) is 7.29. The first-order valence-electron chi connectivity index (χ1n) is 8.02. The van der Waals surface area contributed by atoms with Crippen LogP contribution < -0.4 is 20.1 Å². The Morgan fingerprint density at radius 2 is 1.89 bits per heavy atom. The number of hydrogen-bond donors (Lipinski definition) is 1. The van der Waals surface area contributed by atoms with Crippen molar-refractivity contribution in [3.8, 4) is 17.2 Å². The molecule has 0 spiro atoms. The van der Waals surface area contributed by atoms with Gasteiger partial charge in [-0.25, -0.2) is 4.68 Å². The first-order valence-corrected chi connectivity index (χ1v) is 9.80. The van der Waals surface area contributed by atoms with Crippen LogP contribution in [0.1, 0.15) is 11.4 Å². The first-order chi connectivity index (χ1) is 13.1. The average Bonchev–Trinajstić information content (AvgIpc) is 3.04. The molecule has 0 saturated heterocycles. The molecular formula is C18H19BrN4O3S. The van der Waals surface area contributed by atoms with Crippen molar-refractivity contribution in [3.63, 3.8) is 0 Å². The van der Waals surface area contributed by atoms with Gasteiger partial charge in [-0.2, -0.15) is 0 Å². The quantitative estimate of drug-likeness (QED) is 0.414. The molecule has 0 amide bonds. The number of methoxy groups -OCH3 is 2. The number of thioether (sulfide) groups is 1. The molecule has 27 heavy (non-hydrogen) atoms. The summed E-state index contributed by atoms with van der Waals surface area (Å²) in [5, 5.41) is 8.87. The highest BCUT2D eigenvalue weighted by molar-refractivity contribution is 9.10. The number of aromatic nitrogens is 3. The van der Waals surface area contributed by atoms with Gasteiger partial charge in [-0.1, -0.05) is 23.9 Å². The van der Waals surface area contributed by atoms with Crippen molar-refractivity contribution in [2.45, 2.75) is 17.5 Å². The van der Waals surface area contributed by atoms with E-state index in [1.807, 2.05) is 36.4 Å². The smallest absolute Gasteiger partial charge is 0.210 e. The number of nitrogen functional groups attached to an aromatic ring is 1. The highest BCUT2D eigenvalue weighted by Gasteiger charge is 2.12. The zero-order chi connectivity index (χ0) is 19.2. The van der Waals surface area contributed by atoms with Gasteiger partial charge in [-0.3, -0.25) is 0 Å². The second-order valence-electron chi connectivity index (χ2n) is 5.49. The van der Waals surface area contributed by atoms with E-state index in [4.69, 9.17) is 20.1 Å². The molecule has 0 fully saturated rings. The normalized spacial score (nSPS) is 10.6. The van der Waals surface area contributed by atoms with E-state index < -0.39 is 0 Å². The van der Waals surface area contributed by atoms with E-state index in [1.54, 1.807) is 20.3 Å². The Morgan fingerprint density at radius 3 is 2.63 bits per heavy atom. The predicted octanol–water partition coefficient (Wildman–Crippen LogP) is 3.64. The van der Waals surface area contributed by atoms with Crippen LogP contribution in [0.4, 0.5) is 0 Å². The van der Waals surface area contributed by atoms with Crippen molar-refractivity contribution < 1.29 is 14.2 Å². The summed E-state index contributed by atoms with van der Waals surface area (Å²) in [6, 6.07) is 13.3. The van der Waals surface area contributed by atoms with E-state index in [0.717, 1.165) is 21.5 Å². The van der Waals surface area contributed by atoms with Crippen LogP contribution in [-0.4, -0.2) is 29.1 Å². The van der Waals surface area contributed by atoms with Crippen molar-refractivity contribution >= 4 is 27.7 Å². The van der Waals surface area contributed by atoms with Gasteiger partial charge in [-0.05, 0) is 45.8 Å². The van der Waals surface area contributed by atoms with Gasteiger partial charge in [0, 0.05) is 11.8 Å². The Morgan fingerprint density at radius 1 is 1.07 bits per heavy atom. The summed E-state index contributed by atoms with van der Waals surface area (Å²) in [5.41, 5.74) is 1.12. The summed E-state index contributed by atoms with van der Waals surface area (Å²) in [5.74, 6) is 9.54. The minimum Gasteiger partial charge on any atom is -0.497 e. The summed E-state index contributed by atoms with van der Waals surface area (Å²) >= 11 is 4.99. The fourth-order valence-corrected chi connectivity index (χ4v) is 3.70. The third kappa shape index (κ3) is 4.86. The zero-order valence-electron chi connectivity index (χ0n) is 14.9. The van der Waals surface area contributed by atoms with Gasteiger partial charge in [0.15, 0.2) is 5.82 Å². The van der Waals surface area contributed by atoms with E-state index in [1.165, 1.54) is 16.4 Å². The van der Waals surface area contributed by atoms with Crippen molar-refractivity contribution in [3.05, 3.63) is 58.3 Å². The molecule has 0 bridgehead atoms. The molecule has 0 aliphatic rings. The lowest BCUT2D eigenvalue weighted by Crippen LogP contribution is -2.15. The van der Waals surface area contributed by atoms with Gasteiger partial charge in [0.25, 0.3) is 0 Å². The van der Waals surface area contributed by atoms with E-state index in [-0.39, 0.29) is 6.61 Å². The molecule has 7 nitrogen and oxygen atoms in total. The Balaban J connectivity index is 1.60. The maximum absolute atomic E-state index is 6.10. The summed E-state index contributed by atoms with van der Waals surface area (Å²) in [6.45, 7) is 0.214. The molecule has 9 heteroatoms. The lowest BCUT2D eigenvalue weighted by atomic mass is 10.2. The Hall–Kier alpha value is -2.39. The lowest BCUT2D eigenvalue weighted by molar-refractivity contribution is 0.289. The molecule has 3 rings (SSSR count). The number of ether oxygens (including phenoxy) is 3. The number of nitrogens with two attached hydrogens (primary N) is 1. The van der Waals surface area contributed by atoms with Crippen LogP contribution in [0.3, 0.4) is 0 Å². The SMILES string of the molecule is COc1cccc(OCc2nnc(SCc3ccc(OC)c(Br)c3)n2N)c1. The molecular weight excluding hydrogens is 432 g/mol. The minimum absolute atomic E-state index is 0.214. The van der Waals surface area contributed by atoms with Gasteiger partial charge in [0.05, 0.1) is 18.7 Å². The summed E-state index contributed by atoms with van der Waals surface area (Å²) < 4.78 is 18.5. The molecule has 0 saturated carbocycles. The van der Waals surface area contributed by atoms with E-state index in [2.05, 4.69) is 26.1 Å². The molecule has 0 radical (unpaired) electrons. The third-order valence-electron chi connectivity index (χ3n) is 3.73. The maximum Gasteiger partial charge on any atom is 0.210 e. The largest absolute Gasteiger partial charge is 0.497 e. The number of nitrogens with zero attached hydrogens (tertiary/aromatic N) is 3. The second kappa shape index (κ2) is 9.01. The number of halogens is 1. The highest BCUT2D eigenvalue weighted by Crippen LogP contribution is 2.28. The fraction of sp³-hybridized carbons (Fsp3) is 0.222. The van der Waals surface area contributed by atoms with Gasteiger partial charge in [-0.15, -0.1) is 10.2 Å². The molecule has 0 aliphatic heterocycles. The van der Waals surface area contributed by atoms with Crippen LogP contribution in [-0.2, 0) is 12.4 Å². The van der Waals surface area contributed by atoms with E-state index in [9.17, 15) is 0 Å². The standard InChI is InChI=1S/C18H19BrN4O3S/c1-24-13-4-3-5-14(9-13)26-10-17-21-22-18(23(17)20)27-11-12-6-7-16(25-2)15(19)8-12/h3-9H,10-11,20H2,1-2H3. The molecule has 0 aliphatic carbocycles. The first kappa shape index (κ1) is 19.4. The van der Waals surface area contributed by atoms with Gasteiger partial charge < -0.3 is 20.1 Å². The van der Waals surface area contributed by atoms with Crippen molar-refractivity contribution in [1.82, 2.24) is 14.9 Å². The average molecular weight is 451 g/mol. The van der Waals surface area contributed by atoms with Crippen LogP contribution in [0.25, 0.3) is 0 Å². The lowest BCUT2D eigenvalue weighted by Gasteiger charge is -2.08. The molecule has 1 aromatic heterocycles.